The van der Waals surface area contributed by atoms with Crippen LogP contribution < -0.4 is 0 Å². The van der Waals surface area contributed by atoms with Gasteiger partial charge in [0.1, 0.15) is 5.69 Å². The highest BCUT2D eigenvalue weighted by Crippen LogP contribution is 2.25. The minimum Gasteiger partial charge on any atom is -0.478 e. The number of aromatic nitrogens is 1. The highest BCUT2D eigenvalue weighted by molar-refractivity contribution is 7.11. The molecule has 0 spiro atoms. The van der Waals surface area contributed by atoms with Crippen molar-refractivity contribution in [3.8, 4) is 0 Å². The predicted molar refractivity (Wildman–Crippen MR) is 97.3 cm³/mol. The fourth-order valence-electron chi connectivity index (χ4n) is 3.44. The van der Waals surface area contributed by atoms with Crippen LogP contribution in [0.15, 0.2) is 24.3 Å². The summed E-state index contributed by atoms with van der Waals surface area (Å²) in [7, 11) is 0. The molecule has 0 saturated carbocycles. The maximum absolute atomic E-state index is 12.6. The van der Waals surface area contributed by atoms with E-state index in [0.29, 0.717) is 30.3 Å². The lowest BCUT2D eigenvalue weighted by Crippen LogP contribution is -2.39. The second kappa shape index (κ2) is 7.35. The molecular weight excluding hydrogens is 336 g/mol. The van der Waals surface area contributed by atoms with Crippen LogP contribution in [0, 0.1) is 19.8 Å². The number of aryl methyl sites for hydroxylation is 2. The quantitative estimate of drug-likeness (QED) is 0.907. The molecule has 1 fully saturated rings. The van der Waals surface area contributed by atoms with Crippen LogP contribution in [0.3, 0.4) is 0 Å². The van der Waals surface area contributed by atoms with Crippen molar-refractivity contribution in [3.05, 3.63) is 51.0 Å². The molecular formula is C19H22N2O3S. The monoisotopic (exact) mass is 358 g/mol. The van der Waals surface area contributed by atoms with Gasteiger partial charge < -0.3 is 10.0 Å². The van der Waals surface area contributed by atoms with Gasteiger partial charge in [0.25, 0.3) is 5.91 Å². The molecule has 0 radical (unpaired) electrons. The number of carboxylic acids is 1. The van der Waals surface area contributed by atoms with Crippen molar-refractivity contribution in [1.82, 2.24) is 9.88 Å². The molecule has 0 aliphatic carbocycles. The fourth-order valence-corrected chi connectivity index (χ4v) is 4.24. The highest BCUT2D eigenvalue weighted by Gasteiger charge is 2.27. The summed E-state index contributed by atoms with van der Waals surface area (Å²) in [5, 5.41) is 10.2. The lowest BCUT2D eigenvalue weighted by Gasteiger charge is -2.32. The smallest absolute Gasteiger partial charge is 0.335 e. The number of rotatable bonds is 4. The fraction of sp³-hybridized carbons (Fsp3) is 0.421. The number of hydrogen-bond acceptors (Lipinski definition) is 4. The Labute approximate surface area is 151 Å². The largest absolute Gasteiger partial charge is 0.478 e. The minimum atomic E-state index is -0.877. The van der Waals surface area contributed by atoms with Crippen molar-refractivity contribution < 1.29 is 14.7 Å². The molecule has 5 nitrogen and oxygen atoms in total. The van der Waals surface area contributed by atoms with Gasteiger partial charge in [-0.2, -0.15) is 0 Å². The average molecular weight is 358 g/mol. The first-order valence-corrected chi connectivity index (χ1v) is 9.32. The minimum absolute atomic E-state index is 0.0197. The average Bonchev–Trinajstić information content (AvgIpc) is 2.93. The zero-order chi connectivity index (χ0) is 18.0. The van der Waals surface area contributed by atoms with Crippen LogP contribution in [0.4, 0.5) is 0 Å². The standard InChI is InChI=1S/C19H22N2O3S/c1-12-17(20-13(2)25-12)18(22)21-9-7-14(8-10-21)11-15-5-3-4-6-16(15)19(23)24/h3-6,14H,7-11H2,1-2H3,(H,23,24). The summed E-state index contributed by atoms with van der Waals surface area (Å²) in [6.07, 6.45) is 2.53. The maximum Gasteiger partial charge on any atom is 0.335 e. The first kappa shape index (κ1) is 17.6. The molecule has 2 aromatic rings. The SMILES string of the molecule is Cc1nc(C(=O)N2CCC(Cc3ccccc3C(=O)O)CC2)c(C)s1. The molecule has 0 atom stereocenters. The van der Waals surface area contributed by atoms with Gasteiger partial charge in [-0.25, -0.2) is 9.78 Å². The van der Waals surface area contributed by atoms with Crippen molar-refractivity contribution in [2.24, 2.45) is 5.92 Å². The van der Waals surface area contributed by atoms with Crippen molar-refractivity contribution in [2.45, 2.75) is 33.1 Å². The second-order valence-corrected chi connectivity index (χ2v) is 7.95. The number of thiazole rings is 1. The van der Waals surface area contributed by atoms with Gasteiger partial charge in [0, 0.05) is 18.0 Å². The van der Waals surface area contributed by atoms with Crippen LogP contribution in [0.1, 0.15) is 49.1 Å². The second-order valence-electron chi connectivity index (χ2n) is 6.54. The first-order valence-electron chi connectivity index (χ1n) is 8.50. The van der Waals surface area contributed by atoms with Gasteiger partial charge in [-0.15, -0.1) is 11.3 Å². The zero-order valence-electron chi connectivity index (χ0n) is 14.5. The number of carboxylic acid groups (broad SMARTS) is 1. The number of likely N-dealkylation sites (tertiary alicyclic amines) is 1. The van der Waals surface area contributed by atoms with E-state index in [0.717, 1.165) is 34.7 Å². The van der Waals surface area contributed by atoms with E-state index in [9.17, 15) is 14.7 Å². The van der Waals surface area contributed by atoms with Crippen molar-refractivity contribution in [2.75, 3.05) is 13.1 Å². The Bertz CT molecular complexity index is 792. The number of aromatic carboxylic acids is 1. The third-order valence-electron chi connectivity index (χ3n) is 4.76. The van der Waals surface area contributed by atoms with Crippen LogP contribution in [0.25, 0.3) is 0 Å². The van der Waals surface area contributed by atoms with Gasteiger partial charge in [-0.05, 0) is 50.7 Å². The Hall–Kier alpha value is -2.21. The Morgan fingerprint density at radius 1 is 1.24 bits per heavy atom. The number of hydrogen-bond donors (Lipinski definition) is 1. The number of nitrogens with zero attached hydrogens (tertiary/aromatic N) is 2. The van der Waals surface area contributed by atoms with E-state index >= 15 is 0 Å². The summed E-state index contributed by atoms with van der Waals surface area (Å²) < 4.78 is 0. The van der Waals surface area contributed by atoms with Gasteiger partial charge >= 0.3 is 5.97 Å². The molecule has 1 aliphatic rings. The third-order valence-corrected chi connectivity index (χ3v) is 5.65. The Kier molecular flexibility index (Phi) is 5.18. The molecule has 3 rings (SSSR count). The van der Waals surface area contributed by atoms with Crippen molar-refractivity contribution in [1.29, 1.82) is 0 Å². The molecule has 132 valence electrons. The molecule has 2 heterocycles. The van der Waals surface area contributed by atoms with Gasteiger partial charge in [0.05, 0.1) is 10.6 Å². The number of carbonyl (C=O) groups is 2. The molecule has 6 heteroatoms. The van der Waals surface area contributed by atoms with Crippen LogP contribution >= 0.6 is 11.3 Å². The van der Waals surface area contributed by atoms with E-state index < -0.39 is 5.97 Å². The lowest BCUT2D eigenvalue weighted by molar-refractivity contribution is 0.0684. The third kappa shape index (κ3) is 3.90. The normalized spacial score (nSPS) is 15.4. The Morgan fingerprint density at radius 2 is 1.92 bits per heavy atom. The lowest BCUT2D eigenvalue weighted by atomic mass is 9.88. The molecule has 0 bridgehead atoms. The van der Waals surface area contributed by atoms with E-state index in [-0.39, 0.29) is 5.91 Å². The van der Waals surface area contributed by atoms with Gasteiger partial charge in [0.2, 0.25) is 0 Å². The highest BCUT2D eigenvalue weighted by atomic mass is 32.1. The van der Waals surface area contributed by atoms with Gasteiger partial charge in [0.15, 0.2) is 0 Å². The van der Waals surface area contributed by atoms with Crippen LogP contribution in [0.2, 0.25) is 0 Å². The van der Waals surface area contributed by atoms with E-state index in [4.69, 9.17) is 0 Å². The molecule has 1 N–H and O–H groups in total. The number of piperidine rings is 1. The number of benzene rings is 1. The number of amides is 1. The molecule has 25 heavy (non-hydrogen) atoms. The van der Waals surface area contributed by atoms with Gasteiger partial charge in [-0.1, -0.05) is 18.2 Å². The number of carbonyl (C=O) groups excluding carboxylic acids is 1. The van der Waals surface area contributed by atoms with Crippen LogP contribution in [-0.4, -0.2) is 40.0 Å². The summed E-state index contributed by atoms with van der Waals surface area (Å²) in [6.45, 7) is 5.26. The van der Waals surface area contributed by atoms with Crippen molar-refractivity contribution in [3.63, 3.8) is 0 Å². The first-order chi connectivity index (χ1) is 12.0. The van der Waals surface area contributed by atoms with E-state index in [2.05, 4.69) is 4.98 Å². The molecule has 1 aromatic carbocycles. The summed E-state index contributed by atoms with van der Waals surface area (Å²) in [6, 6.07) is 7.19. The molecule has 1 amide bonds. The summed E-state index contributed by atoms with van der Waals surface area (Å²) >= 11 is 1.55. The summed E-state index contributed by atoms with van der Waals surface area (Å²) in [5.74, 6) is -0.452. The zero-order valence-corrected chi connectivity index (χ0v) is 15.3. The van der Waals surface area contributed by atoms with Gasteiger partial charge in [-0.3, -0.25) is 4.79 Å². The van der Waals surface area contributed by atoms with E-state index in [1.165, 1.54) is 0 Å². The maximum atomic E-state index is 12.6. The Balaban J connectivity index is 1.62. The van der Waals surface area contributed by atoms with Crippen LogP contribution in [0.5, 0.6) is 0 Å². The summed E-state index contributed by atoms with van der Waals surface area (Å²) in [5.41, 5.74) is 1.84. The van der Waals surface area contributed by atoms with Crippen molar-refractivity contribution >= 4 is 23.2 Å². The Morgan fingerprint density at radius 3 is 2.52 bits per heavy atom. The molecule has 0 unspecified atom stereocenters. The molecule has 1 saturated heterocycles. The van der Waals surface area contributed by atoms with E-state index in [1.54, 1.807) is 23.5 Å². The molecule has 1 aromatic heterocycles. The molecule has 1 aliphatic heterocycles. The van der Waals surface area contributed by atoms with E-state index in [1.807, 2.05) is 30.9 Å². The van der Waals surface area contributed by atoms with Crippen LogP contribution in [-0.2, 0) is 6.42 Å². The predicted octanol–water partition coefficient (Wildman–Crippen LogP) is 3.55. The summed E-state index contributed by atoms with van der Waals surface area (Å²) in [4.78, 5) is 31.2. The topological polar surface area (TPSA) is 70.5 Å².